The standard InChI is InChI=1S/C13H13BrN2O/c1-9-3-4-10(11(14)7-9)12(17)8-13-15-5-6-16(13)2/h3-7H,8H2,1-2H3. The van der Waals surface area contributed by atoms with Crippen molar-refractivity contribution in [3.05, 3.63) is 52.0 Å². The van der Waals surface area contributed by atoms with E-state index in [1.54, 1.807) is 6.20 Å². The number of ketones is 1. The third-order valence-electron chi connectivity index (χ3n) is 2.66. The summed E-state index contributed by atoms with van der Waals surface area (Å²) in [5.74, 6) is 0.855. The molecule has 0 atom stereocenters. The van der Waals surface area contributed by atoms with Crippen LogP contribution in [0.2, 0.25) is 0 Å². The molecule has 0 bridgehead atoms. The molecule has 0 spiro atoms. The number of benzene rings is 1. The Labute approximate surface area is 109 Å². The summed E-state index contributed by atoms with van der Waals surface area (Å²) in [6.45, 7) is 2.00. The highest BCUT2D eigenvalue weighted by Crippen LogP contribution is 2.19. The summed E-state index contributed by atoms with van der Waals surface area (Å²) < 4.78 is 2.71. The number of Topliss-reactive ketones (excluding diaryl/α,β-unsaturated/α-hetero) is 1. The molecule has 0 N–H and O–H groups in total. The second-order valence-corrected chi connectivity index (χ2v) is 4.89. The summed E-state index contributed by atoms with van der Waals surface area (Å²) in [7, 11) is 1.89. The topological polar surface area (TPSA) is 34.9 Å². The minimum absolute atomic E-state index is 0.0752. The minimum atomic E-state index is 0.0752. The van der Waals surface area contributed by atoms with Crippen LogP contribution in [0.4, 0.5) is 0 Å². The molecular formula is C13H13BrN2O. The van der Waals surface area contributed by atoms with Gasteiger partial charge >= 0.3 is 0 Å². The SMILES string of the molecule is Cc1ccc(C(=O)Cc2nccn2C)c(Br)c1. The van der Waals surface area contributed by atoms with Gasteiger partial charge in [0.05, 0.1) is 6.42 Å². The Morgan fingerprint density at radius 2 is 2.24 bits per heavy atom. The van der Waals surface area contributed by atoms with Gasteiger partial charge in [0.2, 0.25) is 0 Å². The van der Waals surface area contributed by atoms with Crippen LogP contribution in [-0.2, 0) is 13.5 Å². The molecule has 0 saturated heterocycles. The van der Waals surface area contributed by atoms with Gasteiger partial charge in [0.15, 0.2) is 5.78 Å². The number of halogens is 1. The van der Waals surface area contributed by atoms with E-state index in [-0.39, 0.29) is 5.78 Å². The van der Waals surface area contributed by atoms with Crippen LogP contribution in [-0.4, -0.2) is 15.3 Å². The molecule has 0 amide bonds. The van der Waals surface area contributed by atoms with Crippen LogP contribution in [0, 0.1) is 6.92 Å². The van der Waals surface area contributed by atoms with Crippen molar-refractivity contribution >= 4 is 21.7 Å². The molecule has 1 aromatic heterocycles. The lowest BCUT2D eigenvalue weighted by atomic mass is 10.1. The zero-order chi connectivity index (χ0) is 12.4. The second-order valence-electron chi connectivity index (χ2n) is 4.04. The third-order valence-corrected chi connectivity index (χ3v) is 3.32. The molecule has 0 aliphatic carbocycles. The van der Waals surface area contributed by atoms with Gasteiger partial charge in [0, 0.05) is 29.5 Å². The predicted molar refractivity (Wildman–Crippen MR) is 70.1 cm³/mol. The van der Waals surface area contributed by atoms with E-state index < -0.39 is 0 Å². The Hall–Kier alpha value is -1.42. The lowest BCUT2D eigenvalue weighted by Crippen LogP contribution is -2.08. The maximum atomic E-state index is 12.1. The molecule has 0 saturated carbocycles. The summed E-state index contributed by atoms with van der Waals surface area (Å²) in [6, 6.07) is 5.74. The maximum absolute atomic E-state index is 12.1. The zero-order valence-corrected chi connectivity index (χ0v) is 11.4. The smallest absolute Gasteiger partial charge is 0.171 e. The molecule has 0 aliphatic rings. The first kappa shape index (κ1) is 12.0. The largest absolute Gasteiger partial charge is 0.338 e. The average molecular weight is 293 g/mol. The summed E-state index contributed by atoms with van der Waals surface area (Å²) in [6.07, 6.45) is 3.87. The minimum Gasteiger partial charge on any atom is -0.338 e. The van der Waals surface area contributed by atoms with E-state index in [9.17, 15) is 4.79 Å². The van der Waals surface area contributed by atoms with E-state index >= 15 is 0 Å². The lowest BCUT2D eigenvalue weighted by molar-refractivity contribution is 0.0989. The van der Waals surface area contributed by atoms with E-state index in [4.69, 9.17) is 0 Å². The van der Waals surface area contributed by atoms with Gasteiger partial charge in [-0.15, -0.1) is 0 Å². The van der Waals surface area contributed by atoms with Crippen LogP contribution in [0.5, 0.6) is 0 Å². The number of hydrogen-bond donors (Lipinski definition) is 0. The van der Waals surface area contributed by atoms with E-state index in [0.29, 0.717) is 12.0 Å². The number of aryl methyl sites for hydroxylation is 2. The van der Waals surface area contributed by atoms with Crippen molar-refractivity contribution in [2.75, 3.05) is 0 Å². The first-order valence-electron chi connectivity index (χ1n) is 5.33. The molecule has 4 heteroatoms. The van der Waals surface area contributed by atoms with Gasteiger partial charge in [0.1, 0.15) is 5.82 Å². The summed E-state index contributed by atoms with van der Waals surface area (Å²) in [5.41, 5.74) is 1.84. The Kier molecular flexibility index (Phi) is 3.43. The Bertz CT molecular complexity index is 560. The number of nitrogens with zero attached hydrogens (tertiary/aromatic N) is 2. The van der Waals surface area contributed by atoms with E-state index in [2.05, 4.69) is 20.9 Å². The van der Waals surface area contributed by atoms with Crippen LogP contribution in [0.15, 0.2) is 35.1 Å². The van der Waals surface area contributed by atoms with Crippen molar-refractivity contribution in [2.24, 2.45) is 7.05 Å². The number of imidazole rings is 1. The van der Waals surface area contributed by atoms with Crippen molar-refractivity contribution < 1.29 is 4.79 Å². The number of rotatable bonds is 3. The fourth-order valence-corrected chi connectivity index (χ4v) is 2.37. The van der Waals surface area contributed by atoms with Gasteiger partial charge in [-0.3, -0.25) is 4.79 Å². The van der Waals surface area contributed by atoms with Gasteiger partial charge in [-0.25, -0.2) is 4.98 Å². The molecule has 1 aromatic carbocycles. The summed E-state index contributed by atoms with van der Waals surface area (Å²) in [5, 5.41) is 0. The van der Waals surface area contributed by atoms with Crippen molar-refractivity contribution in [3.8, 4) is 0 Å². The van der Waals surface area contributed by atoms with Gasteiger partial charge in [0.25, 0.3) is 0 Å². The van der Waals surface area contributed by atoms with E-state index in [1.165, 1.54) is 0 Å². The van der Waals surface area contributed by atoms with Crippen LogP contribution in [0.1, 0.15) is 21.7 Å². The molecule has 0 aliphatic heterocycles. The summed E-state index contributed by atoms with van der Waals surface area (Å²) in [4.78, 5) is 16.3. The number of carbonyl (C=O) groups excluding carboxylic acids is 1. The fraction of sp³-hybridized carbons (Fsp3) is 0.231. The molecule has 0 fully saturated rings. The van der Waals surface area contributed by atoms with Crippen LogP contribution < -0.4 is 0 Å². The highest BCUT2D eigenvalue weighted by atomic mass is 79.9. The summed E-state index contributed by atoms with van der Waals surface area (Å²) >= 11 is 3.42. The quantitative estimate of drug-likeness (QED) is 0.816. The molecule has 2 rings (SSSR count). The van der Waals surface area contributed by atoms with Crippen molar-refractivity contribution in [1.29, 1.82) is 0 Å². The molecule has 0 unspecified atom stereocenters. The molecular weight excluding hydrogens is 280 g/mol. The number of aromatic nitrogens is 2. The van der Waals surface area contributed by atoms with Gasteiger partial charge < -0.3 is 4.57 Å². The molecule has 88 valence electrons. The van der Waals surface area contributed by atoms with Crippen molar-refractivity contribution in [1.82, 2.24) is 9.55 Å². The monoisotopic (exact) mass is 292 g/mol. The fourth-order valence-electron chi connectivity index (χ4n) is 1.65. The third kappa shape index (κ3) is 2.64. The molecule has 1 heterocycles. The molecule has 3 nitrogen and oxygen atoms in total. The van der Waals surface area contributed by atoms with Gasteiger partial charge in [-0.2, -0.15) is 0 Å². The lowest BCUT2D eigenvalue weighted by Gasteiger charge is -2.05. The Morgan fingerprint density at radius 1 is 1.47 bits per heavy atom. The van der Waals surface area contributed by atoms with Crippen LogP contribution >= 0.6 is 15.9 Å². The van der Waals surface area contributed by atoms with Gasteiger partial charge in [-0.1, -0.05) is 22.0 Å². The molecule has 0 radical (unpaired) electrons. The zero-order valence-electron chi connectivity index (χ0n) is 9.77. The highest BCUT2D eigenvalue weighted by Gasteiger charge is 2.13. The normalized spacial score (nSPS) is 10.5. The molecule has 17 heavy (non-hydrogen) atoms. The van der Waals surface area contributed by atoms with Gasteiger partial charge in [-0.05, 0) is 24.6 Å². The number of hydrogen-bond acceptors (Lipinski definition) is 2. The maximum Gasteiger partial charge on any atom is 0.171 e. The van der Waals surface area contributed by atoms with E-state index in [1.807, 2.05) is 42.9 Å². The van der Waals surface area contributed by atoms with Crippen molar-refractivity contribution in [2.45, 2.75) is 13.3 Å². The second kappa shape index (κ2) is 4.84. The predicted octanol–water partition coefficient (Wildman–Crippen LogP) is 2.92. The van der Waals surface area contributed by atoms with Crippen molar-refractivity contribution in [3.63, 3.8) is 0 Å². The number of carbonyl (C=O) groups is 1. The first-order chi connectivity index (χ1) is 8.08. The molecule has 2 aromatic rings. The van der Waals surface area contributed by atoms with Crippen LogP contribution in [0.3, 0.4) is 0 Å². The first-order valence-corrected chi connectivity index (χ1v) is 6.13. The Morgan fingerprint density at radius 3 is 2.82 bits per heavy atom. The van der Waals surface area contributed by atoms with Crippen LogP contribution in [0.25, 0.3) is 0 Å². The average Bonchev–Trinajstić information content (AvgIpc) is 2.64. The highest BCUT2D eigenvalue weighted by molar-refractivity contribution is 9.10. The van der Waals surface area contributed by atoms with E-state index in [0.717, 1.165) is 15.9 Å². The Balaban J connectivity index is 2.23.